The Hall–Kier alpha value is -3.58. The van der Waals surface area contributed by atoms with Crippen LogP contribution in [0.3, 0.4) is 0 Å². The lowest BCUT2D eigenvalue weighted by atomic mass is 9.86. The van der Waals surface area contributed by atoms with Gasteiger partial charge in [0.05, 0.1) is 28.5 Å². The molecular formula is C30H31FN4O2. The molecule has 1 aromatic carbocycles. The van der Waals surface area contributed by atoms with E-state index < -0.39 is 5.67 Å². The molecule has 0 radical (unpaired) electrons. The first kappa shape index (κ1) is 23.8. The van der Waals surface area contributed by atoms with Crippen LogP contribution in [0.4, 0.5) is 4.39 Å². The van der Waals surface area contributed by atoms with Gasteiger partial charge in [-0.1, -0.05) is 35.5 Å². The van der Waals surface area contributed by atoms with Crippen molar-refractivity contribution in [2.45, 2.75) is 52.2 Å². The molecule has 37 heavy (non-hydrogen) atoms. The number of benzene rings is 1. The standard InChI is InChI=1S/C30H31FN4O2/c1-18-26(19(2)37-34-18)22-16-24-27(32-17-22)23-10-11-25(30(3,4)31)33-29(23)35(24)28(20-8-6-5-7-9-20)21-12-14-36-15-13-21/h5-11,16-17,21,28H,12-15H2,1-4H3. The van der Waals surface area contributed by atoms with E-state index in [0.717, 1.165) is 70.7 Å². The summed E-state index contributed by atoms with van der Waals surface area (Å²) in [5, 5.41) is 5.07. The summed E-state index contributed by atoms with van der Waals surface area (Å²) in [5.74, 6) is 1.09. The third-order valence-electron chi connectivity index (χ3n) is 7.55. The van der Waals surface area contributed by atoms with Gasteiger partial charge in [-0.3, -0.25) is 4.98 Å². The molecular weight excluding hydrogens is 467 g/mol. The molecule has 0 N–H and O–H groups in total. The first-order valence-corrected chi connectivity index (χ1v) is 12.9. The van der Waals surface area contributed by atoms with Crippen LogP contribution in [0.5, 0.6) is 0 Å². The summed E-state index contributed by atoms with van der Waals surface area (Å²) in [7, 11) is 0. The van der Waals surface area contributed by atoms with Crippen LogP contribution in [0.1, 0.15) is 55.4 Å². The van der Waals surface area contributed by atoms with Gasteiger partial charge in [0.2, 0.25) is 0 Å². The highest BCUT2D eigenvalue weighted by molar-refractivity contribution is 6.05. The molecule has 0 saturated carbocycles. The Labute approximate surface area is 215 Å². The molecule has 5 aromatic rings. The topological polar surface area (TPSA) is 66.0 Å². The minimum Gasteiger partial charge on any atom is -0.381 e. The SMILES string of the molecule is Cc1noc(C)c1-c1cnc2c3ccc(C(C)(C)F)nc3n(C(c3ccccc3)C3CCOCC3)c2c1. The van der Waals surface area contributed by atoms with E-state index in [9.17, 15) is 0 Å². The highest BCUT2D eigenvalue weighted by Crippen LogP contribution is 2.41. The van der Waals surface area contributed by atoms with Gasteiger partial charge in [0.25, 0.3) is 0 Å². The summed E-state index contributed by atoms with van der Waals surface area (Å²) in [6, 6.07) is 16.4. The number of fused-ring (bicyclic) bond motifs is 3. The minimum absolute atomic E-state index is 0.00251. The third kappa shape index (κ3) is 4.11. The maximum Gasteiger partial charge on any atom is 0.147 e. The number of hydrogen-bond donors (Lipinski definition) is 0. The van der Waals surface area contributed by atoms with Gasteiger partial charge in [-0.05, 0) is 70.2 Å². The minimum atomic E-state index is -1.56. The largest absolute Gasteiger partial charge is 0.381 e. The van der Waals surface area contributed by atoms with Gasteiger partial charge in [-0.15, -0.1) is 0 Å². The van der Waals surface area contributed by atoms with Crippen molar-refractivity contribution in [3.8, 4) is 11.1 Å². The molecule has 0 aliphatic carbocycles. The van der Waals surface area contributed by atoms with Crippen molar-refractivity contribution >= 4 is 22.1 Å². The fourth-order valence-corrected chi connectivity index (χ4v) is 5.73. The number of aryl methyl sites for hydroxylation is 2. The van der Waals surface area contributed by atoms with Crippen LogP contribution in [-0.2, 0) is 10.4 Å². The monoisotopic (exact) mass is 498 g/mol. The van der Waals surface area contributed by atoms with Gasteiger partial charge in [0.15, 0.2) is 0 Å². The van der Waals surface area contributed by atoms with E-state index in [1.165, 1.54) is 5.56 Å². The lowest BCUT2D eigenvalue weighted by molar-refractivity contribution is 0.0552. The molecule has 4 aromatic heterocycles. The fraction of sp³-hybridized carbons (Fsp3) is 0.367. The van der Waals surface area contributed by atoms with Crippen molar-refractivity contribution in [3.05, 3.63) is 77.4 Å². The molecule has 1 aliphatic rings. The van der Waals surface area contributed by atoms with E-state index in [2.05, 4.69) is 40.1 Å². The van der Waals surface area contributed by atoms with Crippen LogP contribution in [-0.4, -0.2) is 32.9 Å². The average molecular weight is 499 g/mol. The molecule has 0 bridgehead atoms. The van der Waals surface area contributed by atoms with Crippen LogP contribution in [0.25, 0.3) is 33.2 Å². The Morgan fingerprint density at radius 1 is 1.05 bits per heavy atom. The second-order valence-electron chi connectivity index (χ2n) is 10.5. The summed E-state index contributed by atoms with van der Waals surface area (Å²) in [4.78, 5) is 9.87. The second kappa shape index (κ2) is 9.06. The van der Waals surface area contributed by atoms with E-state index in [1.807, 2.05) is 32.2 Å². The number of rotatable bonds is 5. The summed E-state index contributed by atoms with van der Waals surface area (Å²) in [5.41, 5.74) is 5.34. The van der Waals surface area contributed by atoms with E-state index in [-0.39, 0.29) is 6.04 Å². The smallest absolute Gasteiger partial charge is 0.147 e. The number of ether oxygens (including phenoxy) is 1. The molecule has 6 nitrogen and oxygen atoms in total. The average Bonchev–Trinajstić information content (AvgIpc) is 3.40. The summed E-state index contributed by atoms with van der Waals surface area (Å²) in [6.45, 7) is 8.41. The zero-order chi connectivity index (χ0) is 25.7. The maximum absolute atomic E-state index is 15.1. The molecule has 0 spiro atoms. The quantitative estimate of drug-likeness (QED) is 0.259. The Kier molecular flexibility index (Phi) is 5.83. The number of hydrogen-bond acceptors (Lipinski definition) is 5. The Morgan fingerprint density at radius 3 is 2.49 bits per heavy atom. The first-order valence-electron chi connectivity index (χ1n) is 12.9. The highest BCUT2D eigenvalue weighted by atomic mass is 19.1. The van der Waals surface area contributed by atoms with Gasteiger partial charge in [-0.2, -0.15) is 0 Å². The van der Waals surface area contributed by atoms with Crippen LogP contribution in [0.15, 0.2) is 59.3 Å². The summed E-state index contributed by atoms with van der Waals surface area (Å²) in [6.07, 6.45) is 3.75. The lowest BCUT2D eigenvalue weighted by Crippen LogP contribution is -2.27. The highest BCUT2D eigenvalue weighted by Gasteiger charge is 2.32. The van der Waals surface area contributed by atoms with Gasteiger partial charge in [-0.25, -0.2) is 9.37 Å². The Balaban J connectivity index is 1.69. The van der Waals surface area contributed by atoms with E-state index in [4.69, 9.17) is 19.2 Å². The zero-order valence-electron chi connectivity index (χ0n) is 21.7. The van der Waals surface area contributed by atoms with Crippen molar-refractivity contribution in [2.24, 2.45) is 5.92 Å². The molecule has 1 saturated heterocycles. The molecule has 1 fully saturated rings. The van der Waals surface area contributed by atoms with Crippen molar-refractivity contribution in [2.75, 3.05) is 13.2 Å². The van der Waals surface area contributed by atoms with E-state index in [0.29, 0.717) is 11.6 Å². The fourth-order valence-electron chi connectivity index (χ4n) is 5.73. The van der Waals surface area contributed by atoms with E-state index in [1.54, 1.807) is 19.9 Å². The Morgan fingerprint density at radius 2 is 1.81 bits per heavy atom. The Bertz CT molecular complexity index is 1560. The molecule has 1 atom stereocenters. The maximum atomic E-state index is 15.1. The van der Waals surface area contributed by atoms with Crippen LogP contribution in [0.2, 0.25) is 0 Å². The summed E-state index contributed by atoms with van der Waals surface area (Å²) >= 11 is 0. The van der Waals surface area contributed by atoms with Crippen LogP contribution >= 0.6 is 0 Å². The molecule has 0 amide bonds. The normalized spacial score (nSPS) is 16.0. The third-order valence-corrected chi connectivity index (χ3v) is 7.55. The number of alkyl halides is 1. The number of halogens is 1. The molecule has 7 heteroatoms. The lowest BCUT2D eigenvalue weighted by Gasteiger charge is -2.33. The van der Waals surface area contributed by atoms with Crippen molar-refractivity contribution in [3.63, 3.8) is 0 Å². The van der Waals surface area contributed by atoms with Crippen LogP contribution < -0.4 is 0 Å². The predicted octanol–water partition coefficient (Wildman–Crippen LogP) is 7.08. The van der Waals surface area contributed by atoms with E-state index >= 15 is 4.39 Å². The second-order valence-corrected chi connectivity index (χ2v) is 10.5. The zero-order valence-corrected chi connectivity index (χ0v) is 21.7. The molecule has 1 unspecified atom stereocenters. The number of aromatic nitrogens is 4. The van der Waals surface area contributed by atoms with Gasteiger partial charge in [0.1, 0.15) is 17.1 Å². The van der Waals surface area contributed by atoms with Crippen molar-refractivity contribution < 1.29 is 13.7 Å². The van der Waals surface area contributed by atoms with Crippen LogP contribution in [0, 0.1) is 19.8 Å². The molecule has 1 aliphatic heterocycles. The van der Waals surface area contributed by atoms with Gasteiger partial charge < -0.3 is 13.8 Å². The molecule has 6 rings (SSSR count). The molecule has 190 valence electrons. The summed E-state index contributed by atoms with van der Waals surface area (Å²) < 4.78 is 28.6. The number of pyridine rings is 2. The number of nitrogens with zero attached hydrogens (tertiary/aromatic N) is 4. The van der Waals surface area contributed by atoms with Gasteiger partial charge >= 0.3 is 0 Å². The van der Waals surface area contributed by atoms with Crippen molar-refractivity contribution in [1.82, 2.24) is 19.7 Å². The molecule has 5 heterocycles. The van der Waals surface area contributed by atoms with Crippen molar-refractivity contribution in [1.29, 1.82) is 0 Å². The van der Waals surface area contributed by atoms with Gasteiger partial charge in [0, 0.05) is 35.9 Å². The first-order chi connectivity index (χ1) is 17.8. The predicted molar refractivity (Wildman–Crippen MR) is 142 cm³/mol.